The number of rotatable bonds is 8. The molecule has 0 aliphatic carbocycles. The molecule has 3 heteroatoms. The van der Waals surface area contributed by atoms with Crippen molar-refractivity contribution in [3.63, 3.8) is 0 Å². The number of hydrogen-bond donors (Lipinski definition) is 2. The summed E-state index contributed by atoms with van der Waals surface area (Å²) in [7, 11) is 0.729. The van der Waals surface area contributed by atoms with Gasteiger partial charge in [0.1, 0.15) is 0 Å². The third-order valence-corrected chi connectivity index (χ3v) is 5.28. The molecule has 27 heavy (non-hydrogen) atoms. The maximum atomic E-state index is 3.71. The summed E-state index contributed by atoms with van der Waals surface area (Å²) in [4.78, 5) is 0. The van der Waals surface area contributed by atoms with Gasteiger partial charge in [0.2, 0.25) is 0 Å². The first-order valence-electron chi connectivity index (χ1n) is 10.5. The van der Waals surface area contributed by atoms with Gasteiger partial charge in [-0.2, -0.15) is 0 Å². The summed E-state index contributed by atoms with van der Waals surface area (Å²) >= 11 is 0. The van der Waals surface area contributed by atoms with Gasteiger partial charge in [0.25, 0.3) is 0 Å². The Kier molecular flexibility index (Phi) is 7.41. The lowest BCUT2D eigenvalue weighted by Gasteiger charge is -2.23. The summed E-state index contributed by atoms with van der Waals surface area (Å²) in [6, 6.07) is 13.4. The Bertz CT molecular complexity index is 632. The lowest BCUT2D eigenvalue weighted by Crippen LogP contribution is -2.21. The maximum absolute atomic E-state index is 3.71. The van der Waals surface area contributed by atoms with E-state index < -0.39 is 0 Å². The fraction of sp³-hybridized carbons (Fsp3) is 0.500. The molecule has 2 aromatic carbocycles. The van der Waals surface area contributed by atoms with Gasteiger partial charge in [-0.1, -0.05) is 91.8 Å². The molecule has 0 heterocycles. The summed E-state index contributed by atoms with van der Waals surface area (Å²) in [5, 5.41) is 7.43. The summed E-state index contributed by atoms with van der Waals surface area (Å²) in [5.74, 6) is 2.00. The standard InChI is InChI=1S/C24H37BN2/c1-15(2)19-11-9-12-20(16(3)4)23(19)26-25-27-24-21(17(5)6)13-10-14-22(24)18(7)8/h9-18,25-27H,1-8H3. The second-order valence-corrected chi connectivity index (χ2v) is 8.77. The molecule has 0 saturated carbocycles. The van der Waals surface area contributed by atoms with Crippen LogP contribution in [0.3, 0.4) is 0 Å². The molecule has 0 saturated heterocycles. The van der Waals surface area contributed by atoms with Gasteiger partial charge in [0, 0.05) is 11.4 Å². The van der Waals surface area contributed by atoms with Crippen LogP contribution in [0.5, 0.6) is 0 Å². The van der Waals surface area contributed by atoms with Crippen LogP contribution in [-0.2, 0) is 0 Å². The maximum Gasteiger partial charge on any atom is 0.351 e. The number of anilines is 2. The number of para-hydroxylation sites is 2. The molecule has 2 nitrogen and oxygen atoms in total. The highest BCUT2D eigenvalue weighted by molar-refractivity contribution is 6.45. The zero-order valence-electron chi connectivity index (χ0n) is 18.5. The van der Waals surface area contributed by atoms with Crippen molar-refractivity contribution in [1.82, 2.24) is 0 Å². The first kappa shape index (κ1) is 21.4. The Labute approximate surface area is 167 Å². The molecule has 0 atom stereocenters. The SMILES string of the molecule is CC(C)c1cccc(C(C)C)c1NBNc1c(C(C)C)cccc1C(C)C. The largest absolute Gasteiger partial charge is 0.412 e. The lowest BCUT2D eigenvalue weighted by atomic mass is 9.89. The summed E-state index contributed by atoms with van der Waals surface area (Å²) < 4.78 is 0. The highest BCUT2D eigenvalue weighted by Gasteiger charge is 2.16. The Balaban J connectivity index is 2.30. The van der Waals surface area contributed by atoms with Crippen LogP contribution in [0.25, 0.3) is 0 Å². The van der Waals surface area contributed by atoms with E-state index in [1.54, 1.807) is 0 Å². The molecule has 0 spiro atoms. The molecule has 0 fully saturated rings. The first-order chi connectivity index (χ1) is 12.7. The Hall–Kier alpha value is -1.90. The van der Waals surface area contributed by atoms with Gasteiger partial charge in [-0.3, -0.25) is 0 Å². The predicted octanol–water partition coefficient (Wildman–Crippen LogP) is 6.97. The van der Waals surface area contributed by atoms with Crippen LogP contribution < -0.4 is 10.5 Å². The Morgan fingerprint density at radius 1 is 0.519 bits per heavy atom. The van der Waals surface area contributed by atoms with E-state index in [0.717, 1.165) is 7.55 Å². The van der Waals surface area contributed by atoms with Gasteiger partial charge < -0.3 is 10.5 Å². The molecule has 0 radical (unpaired) electrons. The molecule has 0 bridgehead atoms. The Morgan fingerprint density at radius 2 is 0.778 bits per heavy atom. The van der Waals surface area contributed by atoms with Gasteiger partial charge in [-0.25, -0.2) is 0 Å². The van der Waals surface area contributed by atoms with Gasteiger partial charge in [0.15, 0.2) is 0 Å². The number of benzene rings is 2. The minimum atomic E-state index is 0.500. The molecule has 0 aromatic heterocycles. The quantitative estimate of drug-likeness (QED) is 0.494. The molecule has 2 aromatic rings. The van der Waals surface area contributed by atoms with Crippen LogP contribution >= 0.6 is 0 Å². The molecule has 0 aliphatic rings. The minimum absolute atomic E-state index is 0.500. The van der Waals surface area contributed by atoms with E-state index in [1.165, 1.54) is 33.6 Å². The molecule has 0 aliphatic heterocycles. The second kappa shape index (κ2) is 9.35. The fourth-order valence-corrected chi connectivity index (χ4v) is 3.73. The topological polar surface area (TPSA) is 24.1 Å². The van der Waals surface area contributed by atoms with Crippen molar-refractivity contribution in [2.45, 2.75) is 79.1 Å². The monoisotopic (exact) mass is 364 g/mol. The van der Waals surface area contributed by atoms with Gasteiger partial charge >= 0.3 is 7.55 Å². The molecule has 0 unspecified atom stereocenters. The smallest absolute Gasteiger partial charge is 0.351 e. The van der Waals surface area contributed by atoms with Crippen LogP contribution in [-0.4, -0.2) is 7.55 Å². The van der Waals surface area contributed by atoms with Crippen molar-refractivity contribution in [2.75, 3.05) is 10.5 Å². The third kappa shape index (κ3) is 5.09. The van der Waals surface area contributed by atoms with E-state index in [9.17, 15) is 0 Å². The van der Waals surface area contributed by atoms with E-state index in [1.807, 2.05) is 0 Å². The minimum Gasteiger partial charge on any atom is -0.412 e. The average Bonchev–Trinajstić information content (AvgIpc) is 2.61. The van der Waals surface area contributed by atoms with Crippen LogP contribution in [0.15, 0.2) is 36.4 Å². The highest BCUT2D eigenvalue weighted by Crippen LogP contribution is 2.34. The molecule has 2 N–H and O–H groups in total. The van der Waals surface area contributed by atoms with Crippen molar-refractivity contribution in [3.05, 3.63) is 58.7 Å². The van der Waals surface area contributed by atoms with Crippen LogP contribution in [0.2, 0.25) is 0 Å². The fourth-order valence-electron chi connectivity index (χ4n) is 3.73. The number of nitrogens with one attached hydrogen (secondary N) is 2. The highest BCUT2D eigenvalue weighted by atomic mass is 14.9. The average molecular weight is 364 g/mol. The third-order valence-electron chi connectivity index (χ3n) is 5.28. The molecule has 0 amide bonds. The predicted molar refractivity (Wildman–Crippen MR) is 124 cm³/mol. The van der Waals surface area contributed by atoms with E-state index in [-0.39, 0.29) is 0 Å². The first-order valence-corrected chi connectivity index (χ1v) is 10.5. The van der Waals surface area contributed by atoms with Crippen molar-refractivity contribution < 1.29 is 0 Å². The van der Waals surface area contributed by atoms with E-state index in [0.29, 0.717) is 23.7 Å². The molecular weight excluding hydrogens is 327 g/mol. The summed E-state index contributed by atoms with van der Waals surface area (Å²) in [6.07, 6.45) is 0. The summed E-state index contributed by atoms with van der Waals surface area (Å²) in [6.45, 7) is 18.1. The second-order valence-electron chi connectivity index (χ2n) is 8.77. The van der Waals surface area contributed by atoms with Gasteiger partial charge in [-0.05, 0) is 45.9 Å². The van der Waals surface area contributed by atoms with Crippen LogP contribution in [0.4, 0.5) is 11.4 Å². The van der Waals surface area contributed by atoms with Gasteiger partial charge in [-0.15, -0.1) is 0 Å². The normalized spacial score (nSPS) is 11.6. The van der Waals surface area contributed by atoms with Crippen molar-refractivity contribution in [1.29, 1.82) is 0 Å². The van der Waals surface area contributed by atoms with Crippen molar-refractivity contribution >= 4 is 18.9 Å². The van der Waals surface area contributed by atoms with Crippen molar-refractivity contribution in [3.8, 4) is 0 Å². The van der Waals surface area contributed by atoms with E-state index in [2.05, 4.69) is 102 Å². The molecular formula is C24H37BN2. The van der Waals surface area contributed by atoms with Crippen LogP contribution in [0.1, 0.15) is 101 Å². The Morgan fingerprint density at radius 3 is 1.00 bits per heavy atom. The van der Waals surface area contributed by atoms with E-state index in [4.69, 9.17) is 0 Å². The summed E-state index contributed by atoms with van der Waals surface area (Å²) in [5.41, 5.74) is 8.16. The van der Waals surface area contributed by atoms with Crippen molar-refractivity contribution in [2.24, 2.45) is 0 Å². The van der Waals surface area contributed by atoms with E-state index >= 15 is 0 Å². The molecule has 146 valence electrons. The lowest BCUT2D eigenvalue weighted by molar-refractivity contribution is 0.838. The molecule has 2 rings (SSSR count). The zero-order chi connectivity index (χ0) is 20.1. The van der Waals surface area contributed by atoms with Gasteiger partial charge in [0.05, 0.1) is 0 Å². The zero-order valence-corrected chi connectivity index (χ0v) is 18.5. The van der Waals surface area contributed by atoms with Crippen LogP contribution in [0, 0.1) is 0 Å². The number of hydrogen-bond acceptors (Lipinski definition) is 2.